The number of amides is 1. The van der Waals surface area contributed by atoms with Crippen molar-refractivity contribution in [2.75, 3.05) is 41.1 Å². The first-order valence-electron chi connectivity index (χ1n) is 10.5. The first kappa shape index (κ1) is 24.7. The smallest absolute Gasteiger partial charge is 0.338 e. The van der Waals surface area contributed by atoms with E-state index in [1.807, 2.05) is 29.4 Å². The van der Waals surface area contributed by atoms with E-state index in [1.165, 1.54) is 11.8 Å². The van der Waals surface area contributed by atoms with Crippen LogP contribution in [0.3, 0.4) is 0 Å². The van der Waals surface area contributed by atoms with Crippen LogP contribution in [0.15, 0.2) is 45.6 Å². The highest BCUT2D eigenvalue weighted by Crippen LogP contribution is 2.47. The fraction of sp³-hybridized carbons (Fsp3) is 0.435. The normalized spacial score (nSPS) is 17.2. The monoisotopic (exact) mass is 475 g/mol. The molecule has 0 bridgehead atoms. The molecule has 2 heterocycles. The zero-order valence-electron chi connectivity index (χ0n) is 19.5. The lowest BCUT2D eigenvalue weighted by Gasteiger charge is -2.36. The molecule has 1 aromatic carbocycles. The number of hydrogen-bond acceptors (Lipinski definition) is 9. The highest BCUT2D eigenvalue weighted by molar-refractivity contribution is 8.16. The minimum Gasteiger partial charge on any atom is -0.497 e. The number of amidine groups is 1. The van der Waals surface area contributed by atoms with Gasteiger partial charge in [0.25, 0.3) is 0 Å². The Morgan fingerprint density at radius 2 is 1.97 bits per heavy atom. The van der Waals surface area contributed by atoms with E-state index in [-0.39, 0.29) is 25.5 Å². The Morgan fingerprint density at radius 3 is 2.64 bits per heavy atom. The van der Waals surface area contributed by atoms with Gasteiger partial charge in [0.2, 0.25) is 5.91 Å². The molecule has 0 saturated heterocycles. The van der Waals surface area contributed by atoms with Crippen molar-refractivity contribution in [1.82, 2.24) is 10.2 Å². The van der Waals surface area contributed by atoms with E-state index in [0.717, 1.165) is 11.3 Å². The summed E-state index contributed by atoms with van der Waals surface area (Å²) in [5.74, 6) is 0.565. The van der Waals surface area contributed by atoms with Gasteiger partial charge in [-0.15, -0.1) is 0 Å². The number of rotatable bonds is 10. The number of allylic oxidation sites excluding steroid dienone is 1. The fourth-order valence-corrected chi connectivity index (χ4v) is 4.65. The first-order chi connectivity index (χ1) is 15.9. The molecule has 0 aromatic heterocycles. The molecular formula is C23H29N3O6S. The van der Waals surface area contributed by atoms with E-state index in [9.17, 15) is 9.59 Å². The van der Waals surface area contributed by atoms with Crippen LogP contribution in [0.5, 0.6) is 11.5 Å². The van der Waals surface area contributed by atoms with Gasteiger partial charge in [-0.05, 0) is 31.4 Å². The summed E-state index contributed by atoms with van der Waals surface area (Å²) < 4.78 is 21.5. The van der Waals surface area contributed by atoms with E-state index in [2.05, 4.69) is 10.3 Å². The van der Waals surface area contributed by atoms with Gasteiger partial charge in [0.1, 0.15) is 18.1 Å². The summed E-state index contributed by atoms with van der Waals surface area (Å²) in [6.07, 6.45) is 0.153. The highest BCUT2D eigenvalue weighted by Gasteiger charge is 2.42. The molecule has 0 unspecified atom stereocenters. The number of fused-ring (bicyclic) bond motifs is 1. The van der Waals surface area contributed by atoms with Gasteiger partial charge in [0, 0.05) is 31.0 Å². The summed E-state index contributed by atoms with van der Waals surface area (Å²) >= 11 is 1.42. The van der Waals surface area contributed by atoms with E-state index < -0.39 is 12.0 Å². The number of nitrogens with one attached hydrogen (secondary N) is 1. The van der Waals surface area contributed by atoms with Gasteiger partial charge in [-0.25, -0.2) is 9.79 Å². The lowest BCUT2D eigenvalue weighted by Crippen LogP contribution is -2.38. The third-order valence-corrected chi connectivity index (χ3v) is 6.08. The SMILES string of the molecule is CCNC(=O)CC1=CSC2=NC(C)=C(C(=O)OCCOC)[C@H](c3ccc(OC)cc3OC)N12. The number of aliphatic imine (C=N–C) groups is 1. The standard InChI is InChI=1S/C23H29N3O6S/c1-6-24-19(27)11-15-13-33-23-25-14(2)20(22(28)32-10-9-29-3)21(26(15)23)17-8-7-16(30-4)12-18(17)31-5/h7-8,12-13,21H,6,9-11H2,1-5H3,(H,24,27)/t21-/m0/s1. The zero-order valence-corrected chi connectivity index (χ0v) is 20.3. The van der Waals surface area contributed by atoms with Crippen molar-refractivity contribution in [1.29, 1.82) is 0 Å². The maximum atomic E-state index is 13.2. The average Bonchev–Trinajstić information content (AvgIpc) is 3.19. The summed E-state index contributed by atoms with van der Waals surface area (Å²) in [6, 6.07) is 4.83. The Morgan fingerprint density at radius 1 is 1.18 bits per heavy atom. The molecule has 0 radical (unpaired) electrons. The van der Waals surface area contributed by atoms with Crippen molar-refractivity contribution in [2.24, 2.45) is 4.99 Å². The predicted octanol–water partition coefficient (Wildman–Crippen LogP) is 2.99. The van der Waals surface area contributed by atoms with E-state index >= 15 is 0 Å². The van der Waals surface area contributed by atoms with Gasteiger partial charge in [-0.3, -0.25) is 4.79 Å². The third-order valence-electron chi connectivity index (χ3n) is 5.19. The third kappa shape index (κ3) is 5.33. The molecule has 1 atom stereocenters. The molecule has 0 spiro atoms. The van der Waals surface area contributed by atoms with Crippen LogP contribution in [0.2, 0.25) is 0 Å². The Balaban J connectivity index is 2.09. The molecule has 178 valence electrons. The van der Waals surface area contributed by atoms with Gasteiger partial charge in [0.05, 0.1) is 44.6 Å². The van der Waals surface area contributed by atoms with Gasteiger partial charge in [0.15, 0.2) is 5.17 Å². The van der Waals surface area contributed by atoms with Crippen molar-refractivity contribution in [2.45, 2.75) is 26.3 Å². The topological polar surface area (TPSA) is 98.7 Å². The highest BCUT2D eigenvalue weighted by atomic mass is 32.2. The zero-order chi connectivity index (χ0) is 24.0. The molecule has 1 aromatic rings. The van der Waals surface area contributed by atoms with Crippen LogP contribution in [0, 0.1) is 0 Å². The Hall–Kier alpha value is -2.98. The molecular weight excluding hydrogens is 446 g/mol. The van der Waals surface area contributed by atoms with Crippen LogP contribution in [0.25, 0.3) is 0 Å². The molecule has 1 amide bonds. The molecule has 0 fully saturated rings. The molecule has 0 aliphatic carbocycles. The first-order valence-corrected chi connectivity index (χ1v) is 11.4. The second-order valence-electron chi connectivity index (χ2n) is 7.26. The van der Waals surface area contributed by atoms with Crippen molar-refractivity contribution in [3.05, 3.63) is 46.1 Å². The number of nitrogens with zero attached hydrogens (tertiary/aromatic N) is 2. The van der Waals surface area contributed by atoms with Crippen molar-refractivity contribution in [3.63, 3.8) is 0 Å². The lowest BCUT2D eigenvalue weighted by molar-refractivity contribution is -0.141. The summed E-state index contributed by atoms with van der Waals surface area (Å²) in [5, 5.41) is 5.40. The number of ether oxygens (including phenoxy) is 4. The Kier molecular flexibility index (Phi) is 8.40. The van der Waals surface area contributed by atoms with E-state index in [4.69, 9.17) is 18.9 Å². The largest absolute Gasteiger partial charge is 0.497 e. The fourth-order valence-electron chi connectivity index (χ4n) is 3.69. The van der Waals surface area contributed by atoms with Gasteiger partial charge < -0.3 is 29.2 Å². The van der Waals surface area contributed by atoms with Crippen molar-refractivity contribution in [3.8, 4) is 11.5 Å². The molecule has 0 saturated carbocycles. The number of thioether (sulfide) groups is 1. The second-order valence-corrected chi connectivity index (χ2v) is 8.10. The van der Waals surface area contributed by atoms with Gasteiger partial charge >= 0.3 is 5.97 Å². The predicted molar refractivity (Wildman–Crippen MR) is 126 cm³/mol. The van der Waals surface area contributed by atoms with Gasteiger partial charge in [-0.1, -0.05) is 11.8 Å². The summed E-state index contributed by atoms with van der Waals surface area (Å²) in [7, 11) is 4.68. The summed E-state index contributed by atoms with van der Waals surface area (Å²) in [6.45, 7) is 4.58. The Labute approximate surface area is 197 Å². The second kappa shape index (κ2) is 11.2. The molecule has 1 N–H and O–H groups in total. The number of carbonyl (C=O) groups excluding carboxylic acids is 2. The quantitative estimate of drug-likeness (QED) is 0.407. The van der Waals surface area contributed by atoms with Crippen LogP contribution in [-0.4, -0.2) is 63.0 Å². The number of carbonyl (C=O) groups is 2. The minimum absolute atomic E-state index is 0.110. The number of benzene rings is 1. The van der Waals surface area contributed by atoms with Crippen LogP contribution in [-0.2, 0) is 19.1 Å². The number of hydrogen-bond donors (Lipinski definition) is 1. The van der Waals surface area contributed by atoms with E-state index in [0.29, 0.717) is 34.5 Å². The molecule has 2 aliphatic rings. The molecule has 33 heavy (non-hydrogen) atoms. The summed E-state index contributed by atoms with van der Waals surface area (Å²) in [5.41, 5.74) is 2.39. The number of methoxy groups -OCH3 is 3. The van der Waals surface area contributed by atoms with Crippen molar-refractivity contribution >= 4 is 28.8 Å². The lowest BCUT2D eigenvalue weighted by atomic mass is 9.93. The molecule has 9 nitrogen and oxygen atoms in total. The summed E-state index contributed by atoms with van der Waals surface area (Å²) in [4.78, 5) is 32.2. The van der Waals surface area contributed by atoms with Crippen LogP contribution >= 0.6 is 11.8 Å². The van der Waals surface area contributed by atoms with Gasteiger partial charge in [-0.2, -0.15) is 0 Å². The van der Waals surface area contributed by atoms with E-state index in [1.54, 1.807) is 34.3 Å². The maximum absolute atomic E-state index is 13.2. The number of esters is 1. The molecule has 10 heteroatoms. The minimum atomic E-state index is -0.593. The molecule has 3 rings (SSSR count). The van der Waals surface area contributed by atoms with Crippen molar-refractivity contribution < 1.29 is 28.5 Å². The molecule has 2 aliphatic heterocycles. The maximum Gasteiger partial charge on any atom is 0.338 e. The van der Waals surface area contributed by atoms with Crippen LogP contribution in [0.1, 0.15) is 31.9 Å². The average molecular weight is 476 g/mol. The van der Waals surface area contributed by atoms with Crippen LogP contribution in [0.4, 0.5) is 0 Å². The van der Waals surface area contributed by atoms with Crippen LogP contribution < -0.4 is 14.8 Å². The Bertz CT molecular complexity index is 1000.